The summed E-state index contributed by atoms with van der Waals surface area (Å²) in [4.78, 5) is 11.7. The number of ether oxygens (including phenoxy) is 2. The Balaban J connectivity index is 1.88. The molecular weight excluding hydrogens is 240 g/mol. The molecule has 0 unspecified atom stereocenters. The Morgan fingerprint density at radius 2 is 2.21 bits per heavy atom. The smallest absolute Gasteiger partial charge is 0.334 e. The fourth-order valence-electron chi connectivity index (χ4n) is 3.72. The molecule has 19 heavy (non-hydrogen) atoms. The summed E-state index contributed by atoms with van der Waals surface area (Å²) in [5, 5.41) is 0. The molecule has 0 aromatic carbocycles. The molecule has 0 radical (unpaired) electrons. The second kappa shape index (κ2) is 4.20. The maximum absolute atomic E-state index is 11.7. The zero-order chi connectivity index (χ0) is 13.8. The highest BCUT2D eigenvalue weighted by Crippen LogP contribution is 2.48. The molecule has 2 saturated heterocycles. The normalized spacial score (nSPS) is 45.9. The average Bonchev–Trinajstić information content (AvgIpc) is 2.84. The first-order valence-corrected chi connectivity index (χ1v) is 7.14. The number of carbonyl (C=O) groups is 1. The van der Waals surface area contributed by atoms with Crippen molar-refractivity contribution in [3.05, 3.63) is 23.8 Å². The van der Waals surface area contributed by atoms with Crippen molar-refractivity contribution in [1.82, 2.24) is 0 Å². The maximum atomic E-state index is 11.7. The van der Waals surface area contributed by atoms with Gasteiger partial charge in [-0.1, -0.05) is 25.2 Å². The van der Waals surface area contributed by atoms with Crippen LogP contribution in [0.3, 0.4) is 0 Å². The SMILES string of the molecule is C=C1C(=O)O[C@@H]2CC(C)=C[C@H](C)C[C@@]3(C)O[C@H]3C[C@H]12. The Morgan fingerprint density at radius 3 is 2.95 bits per heavy atom. The molecule has 0 N–H and O–H groups in total. The van der Waals surface area contributed by atoms with Crippen molar-refractivity contribution in [2.75, 3.05) is 0 Å². The largest absolute Gasteiger partial charge is 0.458 e. The van der Waals surface area contributed by atoms with Crippen LogP contribution in [0.1, 0.15) is 40.0 Å². The van der Waals surface area contributed by atoms with E-state index in [0.29, 0.717) is 11.5 Å². The molecule has 3 aliphatic rings. The highest BCUT2D eigenvalue weighted by atomic mass is 16.6. The van der Waals surface area contributed by atoms with Gasteiger partial charge in [0.25, 0.3) is 0 Å². The van der Waals surface area contributed by atoms with Gasteiger partial charge in [-0.25, -0.2) is 4.79 Å². The first-order valence-electron chi connectivity index (χ1n) is 7.14. The second-order valence-corrected chi connectivity index (χ2v) is 6.63. The third-order valence-corrected chi connectivity index (χ3v) is 4.74. The van der Waals surface area contributed by atoms with Crippen LogP contribution in [0.25, 0.3) is 0 Å². The lowest BCUT2D eigenvalue weighted by Gasteiger charge is -2.21. The van der Waals surface area contributed by atoms with Crippen LogP contribution >= 0.6 is 0 Å². The quantitative estimate of drug-likeness (QED) is 0.291. The van der Waals surface area contributed by atoms with Gasteiger partial charge >= 0.3 is 5.97 Å². The van der Waals surface area contributed by atoms with Gasteiger partial charge < -0.3 is 9.47 Å². The van der Waals surface area contributed by atoms with E-state index in [1.807, 2.05) is 0 Å². The summed E-state index contributed by atoms with van der Waals surface area (Å²) >= 11 is 0. The standard InChI is InChI=1S/C16H22O3/c1-9-5-10(2)8-16(4)14(19-16)7-12-11(3)15(17)18-13(12)6-9/h5,10,12-14H,3,6-8H2,1-2,4H3/t10-,12+,13+,14-,16+/m0/s1. The van der Waals surface area contributed by atoms with Gasteiger partial charge in [0.1, 0.15) is 6.10 Å². The highest BCUT2D eigenvalue weighted by molar-refractivity contribution is 5.90. The van der Waals surface area contributed by atoms with Crippen molar-refractivity contribution in [3.63, 3.8) is 0 Å². The van der Waals surface area contributed by atoms with E-state index in [1.165, 1.54) is 5.57 Å². The highest BCUT2D eigenvalue weighted by Gasteiger charge is 2.55. The Labute approximate surface area is 114 Å². The minimum absolute atomic E-state index is 0.0238. The average molecular weight is 262 g/mol. The van der Waals surface area contributed by atoms with Gasteiger partial charge in [0.15, 0.2) is 0 Å². The van der Waals surface area contributed by atoms with Crippen molar-refractivity contribution >= 4 is 5.97 Å². The van der Waals surface area contributed by atoms with Crippen LogP contribution in [0.4, 0.5) is 0 Å². The van der Waals surface area contributed by atoms with Crippen molar-refractivity contribution < 1.29 is 14.3 Å². The van der Waals surface area contributed by atoms with Crippen LogP contribution < -0.4 is 0 Å². The van der Waals surface area contributed by atoms with E-state index < -0.39 is 0 Å². The van der Waals surface area contributed by atoms with Gasteiger partial charge in [-0.05, 0) is 32.6 Å². The van der Waals surface area contributed by atoms with Crippen molar-refractivity contribution in [2.45, 2.75) is 57.8 Å². The number of hydrogen-bond acceptors (Lipinski definition) is 3. The molecule has 1 aliphatic carbocycles. The Kier molecular flexibility index (Phi) is 2.86. The van der Waals surface area contributed by atoms with E-state index >= 15 is 0 Å². The third-order valence-electron chi connectivity index (χ3n) is 4.74. The lowest BCUT2D eigenvalue weighted by molar-refractivity contribution is -0.139. The zero-order valence-corrected chi connectivity index (χ0v) is 11.9. The first kappa shape index (κ1) is 12.9. The van der Waals surface area contributed by atoms with Gasteiger partial charge in [-0.3, -0.25) is 0 Å². The summed E-state index contributed by atoms with van der Waals surface area (Å²) in [6.45, 7) is 10.4. The van der Waals surface area contributed by atoms with E-state index in [9.17, 15) is 4.79 Å². The number of esters is 1. The molecule has 0 bridgehead atoms. The lowest BCUT2D eigenvalue weighted by Crippen LogP contribution is -2.23. The maximum Gasteiger partial charge on any atom is 0.334 e. The molecular formula is C16H22O3. The third kappa shape index (κ3) is 2.25. The molecule has 3 heteroatoms. The number of allylic oxidation sites excluding steroid dienone is 1. The van der Waals surface area contributed by atoms with Crippen LogP contribution in [0, 0.1) is 11.8 Å². The summed E-state index contributed by atoms with van der Waals surface area (Å²) in [5.41, 5.74) is 1.90. The van der Waals surface area contributed by atoms with Crippen molar-refractivity contribution in [2.24, 2.45) is 11.8 Å². The number of rotatable bonds is 0. The fraction of sp³-hybridized carbons (Fsp3) is 0.688. The predicted octanol–water partition coefficient (Wildman–Crippen LogP) is 3.01. The minimum Gasteiger partial charge on any atom is -0.458 e. The minimum atomic E-state index is -0.225. The van der Waals surface area contributed by atoms with E-state index in [1.54, 1.807) is 0 Å². The molecule has 3 nitrogen and oxygen atoms in total. The Bertz CT molecular complexity index is 465. The van der Waals surface area contributed by atoms with Crippen LogP contribution in [-0.2, 0) is 14.3 Å². The fourth-order valence-corrected chi connectivity index (χ4v) is 3.72. The van der Waals surface area contributed by atoms with Crippen LogP contribution in [-0.4, -0.2) is 23.8 Å². The number of carbonyl (C=O) groups excluding carboxylic acids is 1. The summed E-state index contributed by atoms with van der Waals surface area (Å²) in [5.74, 6) is 0.403. The van der Waals surface area contributed by atoms with E-state index in [4.69, 9.17) is 9.47 Å². The van der Waals surface area contributed by atoms with E-state index in [-0.39, 0.29) is 29.7 Å². The van der Waals surface area contributed by atoms with Gasteiger partial charge in [0, 0.05) is 17.9 Å². The molecule has 0 aromatic heterocycles. The summed E-state index contributed by atoms with van der Waals surface area (Å²) in [6.07, 6.45) is 5.24. The molecule has 104 valence electrons. The number of hydrogen-bond donors (Lipinski definition) is 0. The monoisotopic (exact) mass is 262 g/mol. The molecule has 3 rings (SSSR count). The van der Waals surface area contributed by atoms with Crippen LogP contribution in [0.2, 0.25) is 0 Å². The molecule has 0 saturated carbocycles. The Hall–Kier alpha value is -1.09. The molecule has 5 atom stereocenters. The summed E-state index contributed by atoms with van der Waals surface area (Å²) in [6, 6.07) is 0. The van der Waals surface area contributed by atoms with Crippen LogP contribution in [0.5, 0.6) is 0 Å². The van der Waals surface area contributed by atoms with Gasteiger partial charge in [0.2, 0.25) is 0 Å². The van der Waals surface area contributed by atoms with E-state index in [2.05, 4.69) is 33.4 Å². The van der Waals surface area contributed by atoms with Crippen molar-refractivity contribution in [3.8, 4) is 0 Å². The summed E-state index contributed by atoms with van der Waals surface area (Å²) < 4.78 is 11.4. The zero-order valence-electron chi connectivity index (χ0n) is 11.9. The lowest BCUT2D eigenvalue weighted by atomic mass is 9.82. The molecule has 0 aromatic rings. The molecule has 0 spiro atoms. The topological polar surface area (TPSA) is 38.8 Å². The Morgan fingerprint density at radius 1 is 1.47 bits per heavy atom. The van der Waals surface area contributed by atoms with Gasteiger partial charge in [-0.2, -0.15) is 0 Å². The number of fused-ring (bicyclic) bond motifs is 2. The van der Waals surface area contributed by atoms with E-state index in [0.717, 1.165) is 19.3 Å². The molecule has 2 fully saturated rings. The number of epoxide rings is 1. The summed E-state index contributed by atoms with van der Waals surface area (Å²) in [7, 11) is 0. The van der Waals surface area contributed by atoms with Gasteiger partial charge in [0.05, 0.1) is 11.7 Å². The first-order chi connectivity index (χ1) is 8.89. The molecule has 2 aliphatic heterocycles. The second-order valence-electron chi connectivity index (χ2n) is 6.63. The molecule has 2 heterocycles. The predicted molar refractivity (Wildman–Crippen MR) is 72.6 cm³/mol. The molecule has 0 amide bonds. The van der Waals surface area contributed by atoms with Crippen molar-refractivity contribution in [1.29, 1.82) is 0 Å². The van der Waals surface area contributed by atoms with Crippen LogP contribution in [0.15, 0.2) is 23.8 Å². The van der Waals surface area contributed by atoms with Gasteiger partial charge in [-0.15, -0.1) is 0 Å².